The van der Waals surface area contributed by atoms with E-state index in [9.17, 15) is 0 Å². The van der Waals surface area contributed by atoms with E-state index in [0.717, 1.165) is 50.5 Å². The van der Waals surface area contributed by atoms with Crippen LogP contribution in [-0.4, -0.2) is 44.0 Å². The van der Waals surface area contributed by atoms with Crippen LogP contribution in [0.4, 0.5) is 5.69 Å². The minimum Gasteiger partial charge on any atom is -0.494 e. The van der Waals surface area contributed by atoms with E-state index < -0.39 is 0 Å². The molecular formula is C20H25N3O. The molecule has 0 spiro atoms. The first-order valence-corrected chi connectivity index (χ1v) is 8.67. The van der Waals surface area contributed by atoms with Gasteiger partial charge in [-0.25, -0.2) is 0 Å². The molecule has 0 unspecified atom stereocenters. The molecule has 4 heteroatoms. The molecule has 2 aromatic carbocycles. The second-order valence-electron chi connectivity index (χ2n) is 5.94. The lowest BCUT2D eigenvalue weighted by Gasteiger charge is -2.34. The van der Waals surface area contributed by atoms with Crippen LogP contribution in [0.25, 0.3) is 0 Å². The third-order valence-electron chi connectivity index (χ3n) is 4.10. The van der Waals surface area contributed by atoms with Crippen molar-refractivity contribution < 1.29 is 4.74 Å². The second kappa shape index (κ2) is 8.39. The fourth-order valence-corrected chi connectivity index (χ4v) is 2.73. The fourth-order valence-electron chi connectivity index (χ4n) is 2.73. The number of hydrogen-bond donors (Lipinski definition) is 0. The molecule has 3 rings (SSSR count). The first-order chi connectivity index (χ1) is 11.8. The maximum absolute atomic E-state index is 5.60. The third kappa shape index (κ3) is 4.51. The van der Waals surface area contributed by atoms with E-state index in [2.05, 4.69) is 64.4 Å². The predicted molar refractivity (Wildman–Crippen MR) is 100 cm³/mol. The molecule has 1 aliphatic heterocycles. The average Bonchev–Trinajstić information content (AvgIpc) is 2.67. The number of benzene rings is 2. The minimum absolute atomic E-state index is 0.763. The van der Waals surface area contributed by atoms with Crippen molar-refractivity contribution >= 4 is 11.9 Å². The molecule has 0 atom stereocenters. The van der Waals surface area contributed by atoms with Crippen LogP contribution in [0.15, 0.2) is 59.7 Å². The van der Waals surface area contributed by atoms with Crippen molar-refractivity contribution in [2.24, 2.45) is 5.10 Å². The number of ether oxygens (including phenoxy) is 1. The maximum Gasteiger partial charge on any atom is 0.119 e. The quantitative estimate of drug-likeness (QED) is 0.760. The Kier molecular flexibility index (Phi) is 5.72. The Morgan fingerprint density at radius 1 is 0.958 bits per heavy atom. The lowest BCUT2D eigenvalue weighted by atomic mass is 10.2. The number of nitrogens with zero attached hydrogens (tertiary/aromatic N) is 3. The zero-order valence-corrected chi connectivity index (χ0v) is 14.3. The van der Waals surface area contributed by atoms with Crippen molar-refractivity contribution in [3.63, 3.8) is 0 Å². The smallest absolute Gasteiger partial charge is 0.119 e. The van der Waals surface area contributed by atoms with Crippen LogP contribution in [0.2, 0.25) is 0 Å². The van der Waals surface area contributed by atoms with E-state index in [-0.39, 0.29) is 0 Å². The molecule has 1 saturated heterocycles. The lowest BCUT2D eigenvalue weighted by molar-refractivity contribution is 0.272. The van der Waals surface area contributed by atoms with Gasteiger partial charge in [-0.3, -0.25) is 5.01 Å². The van der Waals surface area contributed by atoms with E-state index >= 15 is 0 Å². The topological polar surface area (TPSA) is 28.1 Å². The summed E-state index contributed by atoms with van der Waals surface area (Å²) in [7, 11) is 0. The van der Waals surface area contributed by atoms with Gasteiger partial charge in [0.2, 0.25) is 0 Å². The normalized spacial score (nSPS) is 15.0. The minimum atomic E-state index is 0.763. The van der Waals surface area contributed by atoms with E-state index in [4.69, 9.17) is 4.74 Å². The van der Waals surface area contributed by atoms with Crippen LogP contribution < -0.4 is 9.64 Å². The highest BCUT2D eigenvalue weighted by molar-refractivity contribution is 5.79. The Hall–Kier alpha value is -2.49. The number of piperazine rings is 1. The molecule has 1 heterocycles. The molecular weight excluding hydrogens is 298 g/mol. The highest BCUT2D eigenvalue weighted by Gasteiger charge is 2.15. The van der Waals surface area contributed by atoms with Gasteiger partial charge in [0.05, 0.1) is 25.9 Å². The Labute approximate surface area is 144 Å². The third-order valence-corrected chi connectivity index (χ3v) is 4.10. The highest BCUT2D eigenvalue weighted by Crippen LogP contribution is 2.16. The molecule has 0 bridgehead atoms. The molecule has 1 aliphatic rings. The first-order valence-electron chi connectivity index (χ1n) is 8.67. The molecule has 2 aromatic rings. The summed E-state index contributed by atoms with van der Waals surface area (Å²) in [6.45, 7) is 6.78. The molecule has 0 amide bonds. The fraction of sp³-hybridized carbons (Fsp3) is 0.350. The summed E-state index contributed by atoms with van der Waals surface area (Å²) in [5.41, 5.74) is 2.40. The lowest BCUT2D eigenvalue weighted by Crippen LogP contribution is -2.44. The molecule has 0 N–H and O–H groups in total. The zero-order chi connectivity index (χ0) is 16.6. The first kappa shape index (κ1) is 16.4. The summed E-state index contributed by atoms with van der Waals surface area (Å²) in [5, 5.41) is 6.75. The number of para-hydroxylation sites is 1. The van der Waals surface area contributed by atoms with E-state index in [1.54, 1.807) is 0 Å². The van der Waals surface area contributed by atoms with Crippen LogP contribution in [-0.2, 0) is 0 Å². The van der Waals surface area contributed by atoms with Crippen LogP contribution >= 0.6 is 0 Å². The van der Waals surface area contributed by atoms with E-state index in [0.29, 0.717) is 0 Å². The molecule has 0 saturated carbocycles. The maximum atomic E-state index is 5.60. The Bertz CT molecular complexity index is 632. The van der Waals surface area contributed by atoms with Crippen molar-refractivity contribution in [1.82, 2.24) is 5.01 Å². The predicted octanol–water partition coefficient (Wildman–Crippen LogP) is 3.63. The van der Waals surface area contributed by atoms with Gasteiger partial charge in [-0.05, 0) is 48.4 Å². The van der Waals surface area contributed by atoms with Crippen LogP contribution in [0.1, 0.15) is 18.9 Å². The average molecular weight is 323 g/mol. The van der Waals surface area contributed by atoms with Crippen LogP contribution in [0.3, 0.4) is 0 Å². The molecule has 1 fully saturated rings. The molecule has 0 aliphatic carbocycles. The van der Waals surface area contributed by atoms with Crippen molar-refractivity contribution in [3.8, 4) is 5.75 Å². The molecule has 0 aromatic heterocycles. The summed E-state index contributed by atoms with van der Waals surface area (Å²) in [5.74, 6) is 0.922. The highest BCUT2D eigenvalue weighted by atomic mass is 16.5. The van der Waals surface area contributed by atoms with Crippen molar-refractivity contribution in [2.45, 2.75) is 13.3 Å². The van der Waals surface area contributed by atoms with Crippen molar-refractivity contribution in [2.75, 3.05) is 37.7 Å². The number of hydrogen-bond acceptors (Lipinski definition) is 4. The van der Waals surface area contributed by atoms with Gasteiger partial charge in [-0.2, -0.15) is 5.10 Å². The standard InChI is InChI=1S/C20H25N3O/c1-2-16-24-20-10-8-18(9-11-20)17-21-23-14-12-22(13-15-23)19-6-4-3-5-7-19/h3-11,17H,2,12-16H2,1H3/b21-17-. The van der Waals surface area contributed by atoms with Crippen LogP contribution in [0, 0.1) is 0 Å². The second-order valence-corrected chi connectivity index (χ2v) is 5.94. The van der Waals surface area contributed by atoms with Gasteiger partial charge < -0.3 is 9.64 Å². The number of rotatable bonds is 6. The molecule has 4 nitrogen and oxygen atoms in total. The van der Waals surface area contributed by atoms with Gasteiger partial charge in [0.25, 0.3) is 0 Å². The van der Waals surface area contributed by atoms with Crippen molar-refractivity contribution in [1.29, 1.82) is 0 Å². The summed E-state index contributed by atoms with van der Waals surface area (Å²) in [6.07, 6.45) is 2.96. The van der Waals surface area contributed by atoms with E-state index in [1.165, 1.54) is 5.69 Å². The summed E-state index contributed by atoms with van der Waals surface area (Å²) in [4.78, 5) is 2.41. The van der Waals surface area contributed by atoms with Gasteiger partial charge >= 0.3 is 0 Å². The SMILES string of the molecule is CCCOc1ccc(/C=N\N2CCN(c3ccccc3)CC2)cc1. The Morgan fingerprint density at radius 2 is 1.67 bits per heavy atom. The zero-order valence-electron chi connectivity index (χ0n) is 14.3. The largest absolute Gasteiger partial charge is 0.494 e. The number of hydrazone groups is 1. The van der Waals surface area contributed by atoms with Gasteiger partial charge in [0.1, 0.15) is 5.75 Å². The summed E-state index contributed by atoms with van der Waals surface area (Å²) in [6, 6.07) is 18.7. The number of anilines is 1. The monoisotopic (exact) mass is 323 g/mol. The molecule has 24 heavy (non-hydrogen) atoms. The summed E-state index contributed by atoms with van der Waals surface area (Å²) >= 11 is 0. The van der Waals surface area contributed by atoms with Gasteiger partial charge in [-0.1, -0.05) is 25.1 Å². The summed E-state index contributed by atoms with van der Waals surface area (Å²) < 4.78 is 5.60. The van der Waals surface area contributed by atoms with Crippen molar-refractivity contribution in [3.05, 3.63) is 60.2 Å². The molecule has 0 radical (unpaired) electrons. The Balaban J connectivity index is 1.49. The van der Waals surface area contributed by atoms with E-state index in [1.807, 2.05) is 18.3 Å². The Morgan fingerprint density at radius 3 is 2.33 bits per heavy atom. The molecule has 126 valence electrons. The van der Waals surface area contributed by atoms with Gasteiger partial charge in [0.15, 0.2) is 0 Å². The van der Waals surface area contributed by atoms with Gasteiger partial charge in [0, 0.05) is 18.8 Å². The van der Waals surface area contributed by atoms with Crippen LogP contribution in [0.5, 0.6) is 5.75 Å². The van der Waals surface area contributed by atoms with Gasteiger partial charge in [-0.15, -0.1) is 0 Å².